The van der Waals surface area contributed by atoms with E-state index in [1.54, 1.807) is 31.2 Å². The van der Waals surface area contributed by atoms with Gasteiger partial charge >= 0.3 is 0 Å². The van der Waals surface area contributed by atoms with Gasteiger partial charge in [0.05, 0.1) is 12.8 Å². The van der Waals surface area contributed by atoms with Crippen molar-refractivity contribution < 1.29 is 22.5 Å². The van der Waals surface area contributed by atoms with Crippen LogP contribution >= 0.6 is 0 Å². The highest BCUT2D eigenvalue weighted by Crippen LogP contribution is 2.29. The van der Waals surface area contributed by atoms with Crippen LogP contribution < -0.4 is 14.4 Å². The van der Waals surface area contributed by atoms with Gasteiger partial charge in [-0.3, -0.25) is 9.10 Å². The summed E-state index contributed by atoms with van der Waals surface area (Å²) in [6.45, 7) is 5.10. The Bertz CT molecular complexity index is 1150. The van der Waals surface area contributed by atoms with E-state index in [0.717, 1.165) is 15.4 Å². The molecule has 170 valence electrons. The predicted octanol–water partition coefficient (Wildman–Crippen LogP) is 3.16. The zero-order chi connectivity index (χ0) is 23.3. The number of hydrogen-bond donors (Lipinski definition) is 1. The van der Waals surface area contributed by atoms with Crippen molar-refractivity contribution in [1.29, 1.82) is 0 Å². The molecule has 1 aromatic heterocycles. The van der Waals surface area contributed by atoms with Crippen LogP contribution in [0.15, 0.2) is 57.9 Å². The van der Waals surface area contributed by atoms with E-state index in [9.17, 15) is 13.2 Å². The molecule has 2 aromatic carbocycles. The van der Waals surface area contributed by atoms with Gasteiger partial charge in [0.25, 0.3) is 10.0 Å². The van der Waals surface area contributed by atoms with Crippen molar-refractivity contribution in [3.05, 3.63) is 71.1 Å². The highest BCUT2D eigenvalue weighted by atomic mass is 32.2. The summed E-state index contributed by atoms with van der Waals surface area (Å²) in [4.78, 5) is 12.7. The number of ether oxygens (including phenoxy) is 1. The second-order valence-corrected chi connectivity index (χ2v) is 9.25. The highest BCUT2D eigenvalue weighted by Gasteiger charge is 2.32. The predicted molar refractivity (Wildman–Crippen MR) is 121 cm³/mol. The van der Waals surface area contributed by atoms with E-state index in [2.05, 4.69) is 10.5 Å². The number of rotatable bonds is 9. The molecule has 0 aliphatic carbocycles. The molecule has 3 aromatic rings. The minimum Gasteiger partial charge on any atom is -0.497 e. The largest absolute Gasteiger partial charge is 0.497 e. The van der Waals surface area contributed by atoms with E-state index in [1.807, 2.05) is 31.2 Å². The first kappa shape index (κ1) is 23.3. The average Bonchev–Trinajstić information content (AvgIpc) is 3.12. The minimum atomic E-state index is -4.09. The maximum atomic E-state index is 13.5. The van der Waals surface area contributed by atoms with Gasteiger partial charge in [-0.25, -0.2) is 8.42 Å². The maximum Gasteiger partial charge on any atom is 0.270 e. The lowest BCUT2D eigenvalue weighted by atomic mass is 10.1. The molecule has 32 heavy (non-hydrogen) atoms. The fourth-order valence-electron chi connectivity index (χ4n) is 3.30. The standard InChI is InChI=1S/C23H27N3O5S/c1-16-5-7-19(8-6-16)13-14-24-22(27)15-26(20-9-11-21(30-4)12-10-20)32(28,29)23-17(2)25-31-18(23)3/h5-12H,13-15H2,1-4H3,(H,24,27). The van der Waals surface area contributed by atoms with Gasteiger partial charge in [0.2, 0.25) is 5.91 Å². The van der Waals surface area contributed by atoms with E-state index in [4.69, 9.17) is 9.26 Å². The first-order valence-electron chi connectivity index (χ1n) is 10.1. The fraction of sp³-hybridized carbons (Fsp3) is 0.304. The number of nitrogens with one attached hydrogen (secondary N) is 1. The van der Waals surface area contributed by atoms with Gasteiger partial charge in [0, 0.05) is 6.54 Å². The van der Waals surface area contributed by atoms with Gasteiger partial charge in [-0.05, 0) is 57.0 Å². The second kappa shape index (κ2) is 9.86. The molecule has 8 nitrogen and oxygen atoms in total. The van der Waals surface area contributed by atoms with Crippen LogP contribution in [-0.2, 0) is 21.2 Å². The van der Waals surface area contributed by atoms with E-state index >= 15 is 0 Å². The number of amides is 1. The van der Waals surface area contributed by atoms with E-state index in [0.29, 0.717) is 24.4 Å². The number of carbonyl (C=O) groups is 1. The zero-order valence-electron chi connectivity index (χ0n) is 18.6. The second-order valence-electron chi connectivity index (χ2n) is 7.45. The van der Waals surface area contributed by atoms with Crippen LogP contribution in [0.4, 0.5) is 5.69 Å². The SMILES string of the molecule is COc1ccc(N(CC(=O)NCCc2ccc(C)cc2)S(=O)(=O)c2c(C)noc2C)cc1. The number of aryl methyl sites for hydroxylation is 3. The number of hydrogen-bond acceptors (Lipinski definition) is 6. The number of nitrogens with zero attached hydrogens (tertiary/aromatic N) is 2. The van der Waals surface area contributed by atoms with Crippen LogP contribution in [0.3, 0.4) is 0 Å². The van der Waals surface area contributed by atoms with Gasteiger partial charge in [0.1, 0.15) is 18.0 Å². The first-order valence-corrected chi connectivity index (χ1v) is 11.6. The Labute approximate surface area is 188 Å². The third kappa shape index (κ3) is 5.28. The molecule has 0 saturated heterocycles. The summed E-state index contributed by atoms with van der Waals surface area (Å²) in [5.41, 5.74) is 2.82. The Morgan fingerprint density at radius 1 is 1.06 bits per heavy atom. The van der Waals surface area contributed by atoms with Gasteiger partial charge in [-0.2, -0.15) is 0 Å². The Balaban J connectivity index is 1.80. The van der Waals surface area contributed by atoms with Crippen LogP contribution in [0, 0.1) is 20.8 Å². The van der Waals surface area contributed by atoms with Crippen LogP contribution in [0.5, 0.6) is 5.75 Å². The molecular weight excluding hydrogens is 430 g/mol. The Kier molecular flexibility index (Phi) is 7.19. The summed E-state index contributed by atoms with van der Waals surface area (Å²) in [6.07, 6.45) is 0.644. The molecule has 9 heteroatoms. The number of aromatic nitrogens is 1. The molecule has 0 fully saturated rings. The lowest BCUT2D eigenvalue weighted by Crippen LogP contribution is -2.41. The molecule has 1 N–H and O–H groups in total. The summed E-state index contributed by atoms with van der Waals surface area (Å²) in [6, 6.07) is 14.5. The molecule has 0 saturated carbocycles. The van der Waals surface area contributed by atoms with Crippen molar-refractivity contribution in [1.82, 2.24) is 10.5 Å². The molecule has 0 bridgehead atoms. The van der Waals surface area contributed by atoms with Crippen molar-refractivity contribution >= 4 is 21.6 Å². The van der Waals surface area contributed by atoms with E-state index < -0.39 is 15.9 Å². The molecule has 0 aliphatic heterocycles. The third-order valence-electron chi connectivity index (χ3n) is 5.02. The van der Waals surface area contributed by atoms with Crippen LogP contribution in [-0.4, -0.2) is 39.7 Å². The molecule has 3 rings (SSSR count). The van der Waals surface area contributed by atoms with Gasteiger partial charge < -0.3 is 14.6 Å². The molecule has 0 atom stereocenters. The van der Waals surface area contributed by atoms with Crippen LogP contribution in [0.1, 0.15) is 22.6 Å². The fourth-order valence-corrected chi connectivity index (χ4v) is 5.02. The Hall–Kier alpha value is -3.33. The third-order valence-corrected chi connectivity index (χ3v) is 7.04. The molecule has 1 amide bonds. The van der Waals surface area contributed by atoms with Crippen molar-refractivity contribution in [2.24, 2.45) is 0 Å². The van der Waals surface area contributed by atoms with Crippen LogP contribution in [0.25, 0.3) is 0 Å². The lowest BCUT2D eigenvalue weighted by molar-refractivity contribution is -0.119. The zero-order valence-corrected chi connectivity index (χ0v) is 19.4. The lowest BCUT2D eigenvalue weighted by Gasteiger charge is -2.24. The van der Waals surface area contributed by atoms with Crippen molar-refractivity contribution in [2.75, 3.05) is 24.5 Å². The van der Waals surface area contributed by atoms with Crippen molar-refractivity contribution in [3.63, 3.8) is 0 Å². The first-order chi connectivity index (χ1) is 15.2. The van der Waals surface area contributed by atoms with Crippen molar-refractivity contribution in [3.8, 4) is 5.75 Å². The average molecular weight is 458 g/mol. The molecule has 0 aliphatic rings. The quantitative estimate of drug-likeness (QED) is 0.530. The minimum absolute atomic E-state index is 0.0410. The Morgan fingerprint density at radius 3 is 2.28 bits per heavy atom. The summed E-state index contributed by atoms with van der Waals surface area (Å²) < 4.78 is 38.2. The van der Waals surface area contributed by atoms with Crippen molar-refractivity contribution in [2.45, 2.75) is 32.1 Å². The summed E-state index contributed by atoms with van der Waals surface area (Å²) >= 11 is 0. The number of sulfonamides is 1. The molecule has 1 heterocycles. The number of anilines is 1. The van der Waals surface area contributed by atoms with Gasteiger partial charge in [-0.15, -0.1) is 0 Å². The maximum absolute atomic E-state index is 13.5. The van der Waals surface area contributed by atoms with Gasteiger partial charge in [0.15, 0.2) is 10.7 Å². The number of benzene rings is 2. The summed E-state index contributed by atoms with van der Waals surface area (Å²) in [7, 11) is -2.57. The van der Waals surface area contributed by atoms with Crippen LogP contribution in [0.2, 0.25) is 0 Å². The molecule has 0 unspecified atom stereocenters. The van der Waals surface area contributed by atoms with Gasteiger partial charge in [-0.1, -0.05) is 35.0 Å². The van der Waals surface area contributed by atoms with E-state index in [-0.39, 0.29) is 22.9 Å². The number of methoxy groups -OCH3 is 1. The Morgan fingerprint density at radius 2 is 1.72 bits per heavy atom. The monoisotopic (exact) mass is 457 g/mol. The molecule has 0 spiro atoms. The summed E-state index contributed by atoms with van der Waals surface area (Å²) in [5, 5.41) is 6.56. The molecular formula is C23H27N3O5S. The highest BCUT2D eigenvalue weighted by molar-refractivity contribution is 7.93. The topological polar surface area (TPSA) is 102 Å². The summed E-state index contributed by atoms with van der Waals surface area (Å²) in [5.74, 6) is 0.329. The molecule has 0 radical (unpaired) electrons. The smallest absolute Gasteiger partial charge is 0.270 e. The normalized spacial score (nSPS) is 11.2. The van der Waals surface area contributed by atoms with E-state index in [1.165, 1.54) is 14.0 Å². The number of carbonyl (C=O) groups excluding carboxylic acids is 1.